The smallest absolute Gasteiger partial charge is 0.347 e. The van der Waals surface area contributed by atoms with Gasteiger partial charge in [-0.25, -0.2) is 9.07 Å². The molecular weight excluding hydrogens is 640 g/mol. The van der Waals surface area contributed by atoms with Crippen molar-refractivity contribution in [2.75, 3.05) is 31.1 Å². The lowest BCUT2D eigenvalue weighted by molar-refractivity contribution is -0.137. The molecule has 1 aromatic heterocycles. The summed E-state index contributed by atoms with van der Waals surface area (Å²) in [4.78, 5) is 44.7. The Balaban J connectivity index is 1.46. The molecule has 2 N–H and O–H groups in total. The number of amides is 3. The first kappa shape index (κ1) is 33.6. The fourth-order valence-electron chi connectivity index (χ4n) is 6.22. The number of nitrogens with one attached hydrogen (secondary N) is 2. The second-order valence-electron chi connectivity index (χ2n) is 12.0. The van der Waals surface area contributed by atoms with Gasteiger partial charge in [-0.15, -0.1) is 0 Å². The van der Waals surface area contributed by atoms with Gasteiger partial charge in [0.2, 0.25) is 5.91 Å². The number of carbonyl (C=O) groups excluding carboxylic acids is 3. The van der Waals surface area contributed by atoms with Gasteiger partial charge in [0.05, 0.1) is 23.5 Å². The second-order valence-corrected chi connectivity index (χ2v) is 12.0. The van der Waals surface area contributed by atoms with Crippen molar-refractivity contribution in [2.45, 2.75) is 38.0 Å². The molecule has 4 aromatic rings. The molecule has 3 heterocycles. The molecule has 0 saturated carbocycles. The molecule has 0 radical (unpaired) electrons. The molecule has 1 saturated heterocycles. The first-order chi connectivity index (χ1) is 23.5. The van der Waals surface area contributed by atoms with Crippen LogP contribution in [-0.2, 0) is 22.3 Å². The zero-order valence-corrected chi connectivity index (χ0v) is 26.6. The van der Waals surface area contributed by atoms with Crippen molar-refractivity contribution >= 4 is 23.5 Å². The Morgan fingerprint density at radius 3 is 2.35 bits per heavy atom. The van der Waals surface area contributed by atoms with Crippen molar-refractivity contribution < 1.29 is 31.9 Å². The summed E-state index contributed by atoms with van der Waals surface area (Å²) in [5.41, 5.74) is 1.01. The number of hydrogen-bond donors (Lipinski definition) is 2. The molecule has 254 valence electrons. The van der Waals surface area contributed by atoms with Crippen molar-refractivity contribution in [1.29, 1.82) is 0 Å². The van der Waals surface area contributed by atoms with Gasteiger partial charge in [-0.1, -0.05) is 43.0 Å². The number of aromatic nitrogens is 2. The maximum Gasteiger partial charge on any atom is 0.416 e. The Kier molecular flexibility index (Phi) is 9.37. The van der Waals surface area contributed by atoms with Gasteiger partial charge in [0.1, 0.15) is 17.7 Å². The molecule has 9 nitrogen and oxygen atoms in total. The number of halogens is 4. The van der Waals surface area contributed by atoms with Crippen molar-refractivity contribution in [2.24, 2.45) is 0 Å². The summed E-state index contributed by atoms with van der Waals surface area (Å²) in [5, 5.41) is 10.5. The predicted octanol–water partition coefficient (Wildman–Crippen LogP) is 5.21. The van der Waals surface area contributed by atoms with Gasteiger partial charge in [0.15, 0.2) is 0 Å². The highest BCUT2D eigenvalue weighted by molar-refractivity contribution is 6.05. The Morgan fingerprint density at radius 2 is 1.71 bits per heavy atom. The molecule has 6 rings (SSSR count). The number of fused-ring (bicyclic) bond motifs is 1. The van der Waals surface area contributed by atoms with Crippen molar-refractivity contribution in [1.82, 2.24) is 25.3 Å². The average molecular weight is 675 g/mol. The highest BCUT2D eigenvalue weighted by atomic mass is 19.4. The van der Waals surface area contributed by atoms with E-state index in [1.807, 2.05) is 6.07 Å². The van der Waals surface area contributed by atoms with Gasteiger partial charge in [0.25, 0.3) is 11.8 Å². The summed E-state index contributed by atoms with van der Waals surface area (Å²) in [6, 6.07) is 17.1. The molecule has 2 aliphatic rings. The standard InChI is InChI=1S/C36H34F4N6O3/c1-3-45-34-30(28(43-46(34)27-11-5-4-6-12-27)20-41-32(47)22(2)21-44-17-8-18-44)29(23-13-15-26(37)16-14-23)31(35(45)49)42-33(48)24-9-7-10-25(19-24)36(38,39)40/h4-7,9-16,19,29,31H,2-3,8,17-18,20-21H2,1H3,(H,41,47)(H,42,48). The number of carbonyl (C=O) groups is 3. The SMILES string of the molecule is C=C(CN1CCC1)C(=O)NCc1nn(-c2ccccc2)c2c1C(c1ccc(F)cc1)C(NC(=O)c1cccc(C(F)(F)F)c1)C(=O)N2CC. The van der Waals surface area contributed by atoms with Crippen LogP contribution >= 0.6 is 0 Å². The number of likely N-dealkylation sites (tertiary alicyclic amines) is 1. The fourth-order valence-corrected chi connectivity index (χ4v) is 6.22. The quantitative estimate of drug-likeness (QED) is 0.178. The number of para-hydroxylation sites is 1. The lowest BCUT2D eigenvalue weighted by atomic mass is 9.80. The van der Waals surface area contributed by atoms with E-state index >= 15 is 0 Å². The number of anilines is 1. The molecule has 2 atom stereocenters. The van der Waals surface area contributed by atoms with Gasteiger partial charge in [-0.05, 0) is 74.5 Å². The minimum absolute atomic E-state index is 0.0717. The Morgan fingerprint density at radius 1 is 1.00 bits per heavy atom. The van der Waals surface area contributed by atoms with Crippen molar-refractivity contribution in [3.63, 3.8) is 0 Å². The number of alkyl halides is 3. The summed E-state index contributed by atoms with van der Waals surface area (Å²) in [6.45, 7) is 7.95. The van der Waals surface area contributed by atoms with Gasteiger partial charge in [0, 0.05) is 35.7 Å². The van der Waals surface area contributed by atoms with Gasteiger partial charge in [-0.3, -0.25) is 24.2 Å². The highest BCUT2D eigenvalue weighted by Crippen LogP contribution is 2.44. The summed E-state index contributed by atoms with van der Waals surface area (Å²) < 4.78 is 56.3. The van der Waals surface area contributed by atoms with E-state index in [1.54, 1.807) is 35.9 Å². The molecule has 3 amide bonds. The van der Waals surface area contributed by atoms with E-state index in [4.69, 9.17) is 5.10 Å². The lowest BCUT2D eigenvalue weighted by Crippen LogP contribution is -2.55. The van der Waals surface area contributed by atoms with E-state index in [9.17, 15) is 31.9 Å². The first-order valence-electron chi connectivity index (χ1n) is 15.9. The van der Waals surface area contributed by atoms with Crippen LogP contribution in [0, 0.1) is 5.82 Å². The fraction of sp³-hybridized carbons (Fsp3) is 0.278. The topological polar surface area (TPSA) is 99.6 Å². The molecule has 49 heavy (non-hydrogen) atoms. The normalized spacial score (nSPS) is 17.7. The van der Waals surface area contributed by atoms with Crippen LogP contribution in [0.15, 0.2) is 91.0 Å². The molecule has 2 aliphatic heterocycles. The lowest BCUT2D eigenvalue weighted by Gasteiger charge is -2.38. The Labute approximate surface area is 280 Å². The molecule has 0 bridgehead atoms. The second kappa shape index (κ2) is 13.7. The van der Waals surface area contributed by atoms with Crippen LogP contribution in [0.5, 0.6) is 0 Å². The Bertz CT molecular complexity index is 1890. The molecule has 0 spiro atoms. The highest BCUT2D eigenvalue weighted by Gasteiger charge is 2.46. The minimum atomic E-state index is -4.69. The summed E-state index contributed by atoms with van der Waals surface area (Å²) >= 11 is 0. The van der Waals surface area contributed by atoms with E-state index in [0.29, 0.717) is 40.4 Å². The maximum atomic E-state index is 14.4. The third-order valence-corrected chi connectivity index (χ3v) is 8.79. The average Bonchev–Trinajstić information content (AvgIpc) is 3.44. The molecule has 2 unspecified atom stereocenters. The van der Waals surface area contributed by atoms with Crippen LogP contribution in [0.25, 0.3) is 5.69 Å². The number of benzene rings is 3. The largest absolute Gasteiger partial charge is 0.416 e. The number of hydrogen-bond acceptors (Lipinski definition) is 5. The van der Waals surface area contributed by atoms with Crippen LogP contribution in [0.4, 0.5) is 23.4 Å². The molecule has 13 heteroatoms. The van der Waals surface area contributed by atoms with Crippen molar-refractivity contribution in [3.8, 4) is 5.69 Å². The van der Waals surface area contributed by atoms with E-state index in [-0.39, 0.29) is 24.6 Å². The summed E-state index contributed by atoms with van der Waals surface area (Å²) in [5.74, 6) is -2.92. The monoisotopic (exact) mass is 674 g/mol. The van der Waals surface area contributed by atoms with E-state index in [0.717, 1.165) is 37.7 Å². The van der Waals surface area contributed by atoms with Crippen LogP contribution in [0.2, 0.25) is 0 Å². The molecule has 3 aromatic carbocycles. The molecule has 1 fully saturated rings. The number of likely N-dealkylation sites (N-methyl/N-ethyl adjacent to an activating group) is 1. The van der Waals surface area contributed by atoms with Gasteiger partial charge >= 0.3 is 6.18 Å². The van der Waals surface area contributed by atoms with Crippen LogP contribution in [0.1, 0.15) is 52.0 Å². The van der Waals surface area contributed by atoms with Crippen molar-refractivity contribution in [3.05, 3.63) is 125 Å². The number of rotatable bonds is 10. The van der Waals surface area contributed by atoms with Crippen LogP contribution < -0.4 is 15.5 Å². The maximum absolute atomic E-state index is 14.4. The van der Waals surface area contributed by atoms with E-state index in [1.165, 1.54) is 35.2 Å². The summed E-state index contributed by atoms with van der Waals surface area (Å²) in [6.07, 6.45) is -3.63. The summed E-state index contributed by atoms with van der Waals surface area (Å²) in [7, 11) is 0. The minimum Gasteiger partial charge on any atom is -0.347 e. The Hall–Kier alpha value is -5.30. The van der Waals surface area contributed by atoms with Gasteiger partial charge < -0.3 is 10.6 Å². The third-order valence-electron chi connectivity index (χ3n) is 8.79. The van der Waals surface area contributed by atoms with Gasteiger partial charge in [-0.2, -0.15) is 18.3 Å². The van der Waals surface area contributed by atoms with E-state index in [2.05, 4.69) is 22.1 Å². The van der Waals surface area contributed by atoms with Crippen LogP contribution in [0.3, 0.4) is 0 Å². The zero-order chi connectivity index (χ0) is 34.9. The third kappa shape index (κ3) is 6.84. The molecular formula is C36H34F4N6O3. The molecule has 0 aliphatic carbocycles. The first-order valence-corrected chi connectivity index (χ1v) is 15.9. The zero-order valence-electron chi connectivity index (χ0n) is 26.6. The predicted molar refractivity (Wildman–Crippen MR) is 175 cm³/mol. The number of nitrogens with zero attached hydrogens (tertiary/aromatic N) is 4. The van der Waals surface area contributed by atoms with E-state index < -0.39 is 41.3 Å². The van der Waals surface area contributed by atoms with Crippen LogP contribution in [-0.4, -0.2) is 64.6 Å².